The van der Waals surface area contributed by atoms with E-state index in [4.69, 9.17) is 9.47 Å². The molecule has 176 valence electrons. The molecule has 0 saturated carbocycles. The average molecular weight is 469 g/mol. The number of benzene rings is 2. The van der Waals surface area contributed by atoms with Gasteiger partial charge in [-0.2, -0.15) is 5.26 Å². The molecule has 0 N–H and O–H groups in total. The molecule has 4 heterocycles. The van der Waals surface area contributed by atoms with Crippen molar-refractivity contribution in [2.24, 2.45) is 0 Å². The van der Waals surface area contributed by atoms with Gasteiger partial charge in [-0.3, -0.25) is 9.48 Å². The monoisotopic (exact) mass is 468 g/mol. The van der Waals surface area contributed by atoms with E-state index in [-0.39, 0.29) is 11.6 Å². The number of aromatic nitrogens is 4. The van der Waals surface area contributed by atoms with Crippen LogP contribution < -0.4 is 15.2 Å². The van der Waals surface area contributed by atoms with Crippen LogP contribution in [0.3, 0.4) is 0 Å². The standard InChI is InChI=1S/C26H24N6O3/c1-34-24-18(14-27)3-2-4-20(24)22-7-8-31-25(33)21-6-5-17(13-23(21)32(22)31)19-15-28-26(29-16-19)30-9-11-35-12-10-30/h2-6,13,15-16,22H,7-12H2,1H3. The summed E-state index contributed by atoms with van der Waals surface area (Å²) in [6.07, 6.45) is 4.40. The van der Waals surface area contributed by atoms with E-state index in [1.165, 1.54) is 0 Å². The number of morpholine rings is 1. The summed E-state index contributed by atoms with van der Waals surface area (Å²) in [6.45, 7) is 3.52. The highest BCUT2D eigenvalue weighted by molar-refractivity contribution is 5.84. The van der Waals surface area contributed by atoms with E-state index < -0.39 is 0 Å². The second kappa shape index (κ2) is 8.56. The molecule has 2 aromatic carbocycles. The molecule has 1 atom stereocenters. The first-order valence-corrected chi connectivity index (χ1v) is 11.7. The van der Waals surface area contributed by atoms with Crippen LogP contribution in [0.1, 0.15) is 23.6 Å². The van der Waals surface area contributed by atoms with Gasteiger partial charge in [-0.25, -0.2) is 14.6 Å². The third-order valence-electron chi connectivity index (χ3n) is 6.87. The quantitative estimate of drug-likeness (QED) is 0.454. The first-order valence-electron chi connectivity index (χ1n) is 11.7. The van der Waals surface area contributed by atoms with E-state index in [1.54, 1.807) is 17.9 Å². The van der Waals surface area contributed by atoms with Crippen LogP contribution >= 0.6 is 0 Å². The molecule has 1 fully saturated rings. The zero-order valence-corrected chi connectivity index (χ0v) is 19.3. The van der Waals surface area contributed by atoms with Gasteiger partial charge >= 0.3 is 0 Å². The third kappa shape index (κ3) is 3.45. The maximum atomic E-state index is 13.2. The van der Waals surface area contributed by atoms with Crippen molar-refractivity contribution in [3.05, 3.63) is 70.3 Å². The van der Waals surface area contributed by atoms with Crippen LogP contribution in [0, 0.1) is 11.3 Å². The van der Waals surface area contributed by atoms with Gasteiger partial charge in [-0.05, 0) is 30.2 Å². The minimum atomic E-state index is -0.112. The molecule has 0 spiro atoms. The summed E-state index contributed by atoms with van der Waals surface area (Å²) < 4.78 is 14.9. The van der Waals surface area contributed by atoms with Crippen molar-refractivity contribution < 1.29 is 9.47 Å². The molecule has 4 aromatic rings. The molecule has 35 heavy (non-hydrogen) atoms. The molecule has 0 radical (unpaired) electrons. The Bertz CT molecular complexity index is 1510. The van der Waals surface area contributed by atoms with Gasteiger partial charge in [0.05, 0.1) is 42.8 Å². The maximum absolute atomic E-state index is 13.2. The Hall–Kier alpha value is -4.16. The highest BCUT2D eigenvalue weighted by Gasteiger charge is 2.30. The molecule has 1 saturated heterocycles. The van der Waals surface area contributed by atoms with Gasteiger partial charge in [0.1, 0.15) is 11.8 Å². The second-order valence-corrected chi connectivity index (χ2v) is 8.72. The number of anilines is 1. The van der Waals surface area contributed by atoms with E-state index in [0.29, 0.717) is 42.4 Å². The second-order valence-electron chi connectivity index (χ2n) is 8.72. The van der Waals surface area contributed by atoms with Crippen LogP contribution in [0.2, 0.25) is 0 Å². The van der Waals surface area contributed by atoms with E-state index in [9.17, 15) is 10.1 Å². The van der Waals surface area contributed by atoms with E-state index in [1.807, 2.05) is 47.4 Å². The van der Waals surface area contributed by atoms with Crippen molar-refractivity contribution in [3.63, 3.8) is 0 Å². The molecule has 9 heteroatoms. The molecule has 2 aliphatic rings. The lowest BCUT2D eigenvalue weighted by molar-refractivity contribution is 0.122. The van der Waals surface area contributed by atoms with Crippen molar-refractivity contribution in [1.29, 1.82) is 5.26 Å². The lowest BCUT2D eigenvalue weighted by Crippen LogP contribution is -2.37. The van der Waals surface area contributed by atoms with Gasteiger partial charge in [0.2, 0.25) is 5.95 Å². The first-order chi connectivity index (χ1) is 17.2. The zero-order valence-electron chi connectivity index (χ0n) is 19.3. The van der Waals surface area contributed by atoms with Crippen LogP contribution in [0.4, 0.5) is 5.95 Å². The van der Waals surface area contributed by atoms with Crippen molar-refractivity contribution in [3.8, 4) is 22.9 Å². The average Bonchev–Trinajstić information content (AvgIpc) is 3.48. The number of hydrogen-bond donors (Lipinski definition) is 0. The Balaban J connectivity index is 1.42. The number of nitrogens with zero attached hydrogens (tertiary/aromatic N) is 6. The van der Waals surface area contributed by atoms with Crippen molar-refractivity contribution in [2.45, 2.75) is 19.0 Å². The Kier molecular flexibility index (Phi) is 5.23. The summed E-state index contributed by atoms with van der Waals surface area (Å²) in [5.74, 6) is 1.26. The lowest BCUT2D eigenvalue weighted by Gasteiger charge is -2.26. The van der Waals surface area contributed by atoms with E-state index in [2.05, 4.69) is 20.9 Å². The molecule has 1 unspecified atom stereocenters. The Morgan fingerprint density at radius 2 is 1.89 bits per heavy atom. The van der Waals surface area contributed by atoms with Crippen LogP contribution in [0.5, 0.6) is 5.75 Å². The number of rotatable bonds is 4. The summed E-state index contributed by atoms with van der Waals surface area (Å²) in [5, 5.41) is 10.2. The van der Waals surface area contributed by atoms with Crippen molar-refractivity contribution in [2.75, 3.05) is 38.3 Å². The number of fused-ring (bicyclic) bond motifs is 3. The van der Waals surface area contributed by atoms with Crippen molar-refractivity contribution in [1.82, 2.24) is 19.3 Å². The van der Waals surface area contributed by atoms with Crippen LogP contribution in [-0.4, -0.2) is 52.7 Å². The van der Waals surface area contributed by atoms with Gasteiger partial charge in [0.15, 0.2) is 0 Å². The highest BCUT2D eigenvalue weighted by atomic mass is 16.5. The number of ether oxygens (including phenoxy) is 2. The van der Waals surface area contributed by atoms with E-state index >= 15 is 0 Å². The number of nitriles is 1. The highest BCUT2D eigenvalue weighted by Crippen LogP contribution is 2.38. The summed E-state index contributed by atoms with van der Waals surface area (Å²) in [7, 11) is 1.58. The molecular formula is C26H24N6O3. The van der Waals surface area contributed by atoms with Crippen LogP contribution in [0.15, 0.2) is 53.6 Å². The first kappa shape index (κ1) is 21.4. The zero-order chi connectivity index (χ0) is 23.9. The van der Waals surface area contributed by atoms with Crippen LogP contribution in [-0.2, 0) is 11.3 Å². The fourth-order valence-electron chi connectivity index (χ4n) is 5.18. The largest absolute Gasteiger partial charge is 0.495 e. The Labute approximate surface area is 201 Å². The molecule has 0 bridgehead atoms. The molecule has 2 aliphatic heterocycles. The molecule has 2 aromatic heterocycles. The van der Waals surface area contributed by atoms with Gasteiger partial charge in [0, 0.05) is 43.2 Å². The van der Waals surface area contributed by atoms with Gasteiger partial charge < -0.3 is 14.4 Å². The minimum Gasteiger partial charge on any atom is -0.495 e. The normalized spacial score (nSPS) is 17.4. The smallest absolute Gasteiger partial charge is 0.274 e. The predicted molar refractivity (Wildman–Crippen MR) is 131 cm³/mol. The number of methoxy groups -OCH3 is 1. The van der Waals surface area contributed by atoms with Crippen molar-refractivity contribution >= 4 is 16.9 Å². The van der Waals surface area contributed by atoms with E-state index in [0.717, 1.165) is 41.7 Å². The Morgan fingerprint density at radius 1 is 1.09 bits per heavy atom. The summed E-state index contributed by atoms with van der Waals surface area (Å²) in [5.41, 5.74) is 4.05. The fourth-order valence-corrected chi connectivity index (χ4v) is 5.18. The summed E-state index contributed by atoms with van der Waals surface area (Å²) >= 11 is 0. The molecule has 0 amide bonds. The topological polar surface area (TPSA) is 98.2 Å². The fraction of sp³-hybridized carbons (Fsp3) is 0.308. The maximum Gasteiger partial charge on any atom is 0.274 e. The lowest BCUT2D eigenvalue weighted by atomic mass is 10.00. The summed E-state index contributed by atoms with van der Waals surface area (Å²) in [4.78, 5) is 24.4. The summed E-state index contributed by atoms with van der Waals surface area (Å²) in [6, 6.07) is 13.5. The Morgan fingerprint density at radius 3 is 2.63 bits per heavy atom. The molecule has 0 aliphatic carbocycles. The predicted octanol–water partition coefficient (Wildman–Crippen LogP) is 2.97. The van der Waals surface area contributed by atoms with Gasteiger partial charge in [0.25, 0.3) is 5.56 Å². The molecule has 6 rings (SSSR count). The van der Waals surface area contributed by atoms with Gasteiger partial charge in [-0.15, -0.1) is 0 Å². The molecule has 9 nitrogen and oxygen atoms in total. The minimum absolute atomic E-state index is 0.0108. The number of para-hydroxylation sites is 1. The molecular weight excluding hydrogens is 444 g/mol. The SMILES string of the molecule is COc1c(C#N)cccc1C1CCn2c(=O)c3ccc(-c4cnc(N5CCOCC5)nc4)cc3n21. The third-order valence-corrected chi connectivity index (χ3v) is 6.87. The van der Waals surface area contributed by atoms with Gasteiger partial charge in [-0.1, -0.05) is 18.2 Å². The number of hydrogen-bond acceptors (Lipinski definition) is 7. The van der Waals surface area contributed by atoms with Crippen LogP contribution in [0.25, 0.3) is 22.0 Å².